The number of carbonyl (C=O) groups excluding carboxylic acids is 1. The summed E-state index contributed by atoms with van der Waals surface area (Å²) in [5, 5.41) is 2.68. The minimum Gasteiger partial charge on any atom is -0.486 e. The molecule has 0 aromatic heterocycles. The zero-order valence-corrected chi connectivity index (χ0v) is 13.3. The molecule has 1 N–H and O–H groups in total. The van der Waals surface area contributed by atoms with Crippen LogP contribution in [0.1, 0.15) is 5.56 Å². The molecule has 0 saturated heterocycles. The van der Waals surface area contributed by atoms with Gasteiger partial charge in [0.25, 0.3) is 0 Å². The first-order valence-electron chi connectivity index (χ1n) is 6.79. The van der Waals surface area contributed by atoms with E-state index in [1.807, 2.05) is 30.3 Å². The predicted octanol–water partition coefficient (Wildman–Crippen LogP) is 3.97. The van der Waals surface area contributed by atoms with Crippen molar-refractivity contribution in [1.29, 1.82) is 0 Å². The molecule has 5 nitrogen and oxygen atoms in total. The van der Waals surface area contributed by atoms with Crippen molar-refractivity contribution in [2.45, 2.75) is 6.61 Å². The highest BCUT2D eigenvalue weighted by atomic mass is 79.9. The molecule has 2 aromatic carbocycles. The van der Waals surface area contributed by atoms with E-state index >= 15 is 0 Å². The minimum atomic E-state index is -0.521. The largest absolute Gasteiger partial charge is 0.486 e. The van der Waals surface area contributed by atoms with Crippen molar-refractivity contribution in [3.05, 3.63) is 52.5 Å². The minimum absolute atomic E-state index is 0.221. The highest BCUT2D eigenvalue weighted by Crippen LogP contribution is 2.40. The van der Waals surface area contributed by atoms with Crippen LogP contribution in [0.4, 0.5) is 10.5 Å². The third kappa shape index (κ3) is 3.51. The molecule has 0 radical (unpaired) electrons. The predicted molar refractivity (Wildman–Crippen MR) is 85.4 cm³/mol. The highest BCUT2D eigenvalue weighted by Gasteiger charge is 2.17. The summed E-state index contributed by atoms with van der Waals surface area (Å²) in [5.74, 6) is 1.24. The first-order chi connectivity index (χ1) is 10.7. The van der Waals surface area contributed by atoms with Gasteiger partial charge >= 0.3 is 6.09 Å². The molecule has 2 aromatic rings. The Kier molecular flexibility index (Phi) is 4.48. The standard InChI is InChI=1S/C16H14BrNO4/c17-13-8-12(9-14-15(13)21-7-6-20-14)18-16(19)22-10-11-4-2-1-3-5-11/h1-5,8-9H,6-7,10H2,(H,18,19). The zero-order chi connectivity index (χ0) is 15.4. The van der Waals surface area contributed by atoms with Crippen molar-refractivity contribution in [3.8, 4) is 11.5 Å². The summed E-state index contributed by atoms with van der Waals surface area (Å²) in [7, 11) is 0. The Morgan fingerprint density at radius 2 is 1.95 bits per heavy atom. The normalized spacial score (nSPS) is 12.6. The number of hydrogen-bond acceptors (Lipinski definition) is 4. The number of anilines is 1. The van der Waals surface area contributed by atoms with Crippen LogP contribution >= 0.6 is 15.9 Å². The van der Waals surface area contributed by atoms with E-state index in [0.717, 1.165) is 10.0 Å². The van der Waals surface area contributed by atoms with E-state index in [2.05, 4.69) is 21.2 Å². The van der Waals surface area contributed by atoms with Gasteiger partial charge in [-0.2, -0.15) is 0 Å². The van der Waals surface area contributed by atoms with E-state index < -0.39 is 6.09 Å². The Bertz CT molecular complexity index is 675. The van der Waals surface area contributed by atoms with E-state index in [9.17, 15) is 4.79 Å². The summed E-state index contributed by atoms with van der Waals surface area (Å²) in [5.41, 5.74) is 1.51. The third-order valence-electron chi connectivity index (χ3n) is 3.06. The van der Waals surface area contributed by atoms with Crippen LogP contribution in [0.3, 0.4) is 0 Å². The van der Waals surface area contributed by atoms with Gasteiger partial charge in [0.2, 0.25) is 0 Å². The van der Waals surface area contributed by atoms with Crippen LogP contribution in [-0.2, 0) is 11.3 Å². The topological polar surface area (TPSA) is 56.8 Å². The van der Waals surface area contributed by atoms with Gasteiger partial charge in [-0.25, -0.2) is 4.79 Å². The second kappa shape index (κ2) is 6.70. The van der Waals surface area contributed by atoms with Gasteiger partial charge in [0.15, 0.2) is 11.5 Å². The van der Waals surface area contributed by atoms with Crippen LogP contribution in [0.25, 0.3) is 0 Å². The Labute approximate surface area is 136 Å². The van der Waals surface area contributed by atoms with Gasteiger partial charge < -0.3 is 14.2 Å². The molecule has 1 aliphatic rings. The molecule has 0 fully saturated rings. The lowest BCUT2D eigenvalue weighted by Gasteiger charge is -2.20. The molecule has 0 bridgehead atoms. The molecule has 6 heteroatoms. The van der Waals surface area contributed by atoms with Crippen LogP contribution in [0, 0.1) is 0 Å². The highest BCUT2D eigenvalue weighted by molar-refractivity contribution is 9.10. The van der Waals surface area contributed by atoms with E-state index in [1.54, 1.807) is 12.1 Å². The van der Waals surface area contributed by atoms with E-state index in [4.69, 9.17) is 14.2 Å². The quantitative estimate of drug-likeness (QED) is 0.896. The van der Waals surface area contributed by atoms with Gasteiger partial charge in [-0.1, -0.05) is 30.3 Å². The summed E-state index contributed by atoms with van der Waals surface area (Å²) < 4.78 is 16.9. The number of fused-ring (bicyclic) bond motifs is 1. The molecule has 1 aliphatic heterocycles. The van der Waals surface area contributed by atoms with Gasteiger partial charge in [-0.05, 0) is 27.6 Å². The van der Waals surface area contributed by atoms with Gasteiger partial charge in [-0.3, -0.25) is 5.32 Å². The fourth-order valence-electron chi connectivity index (χ4n) is 2.06. The average molecular weight is 364 g/mol. The van der Waals surface area contributed by atoms with Crippen LogP contribution in [-0.4, -0.2) is 19.3 Å². The molecule has 3 rings (SSSR count). The Hall–Kier alpha value is -2.21. The smallest absolute Gasteiger partial charge is 0.411 e. The molecule has 114 valence electrons. The van der Waals surface area contributed by atoms with Gasteiger partial charge in [0.1, 0.15) is 19.8 Å². The fourth-order valence-corrected chi connectivity index (χ4v) is 2.62. The molecule has 1 heterocycles. The Morgan fingerprint density at radius 3 is 2.77 bits per heavy atom. The maximum Gasteiger partial charge on any atom is 0.411 e. The number of hydrogen-bond donors (Lipinski definition) is 1. The molecule has 0 spiro atoms. The van der Waals surface area contributed by atoms with Crippen LogP contribution in [0.5, 0.6) is 11.5 Å². The summed E-state index contributed by atoms with van der Waals surface area (Å²) in [6.07, 6.45) is -0.521. The van der Waals surface area contributed by atoms with Gasteiger partial charge in [-0.15, -0.1) is 0 Å². The number of ether oxygens (including phenoxy) is 3. The lowest BCUT2D eigenvalue weighted by atomic mass is 10.2. The van der Waals surface area contributed by atoms with Crippen molar-refractivity contribution in [3.63, 3.8) is 0 Å². The molecular formula is C16H14BrNO4. The van der Waals surface area contributed by atoms with Crippen molar-refractivity contribution < 1.29 is 19.0 Å². The Morgan fingerprint density at radius 1 is 1.18 bits per heavy atom. The number of halogens is 1. The first-order valence-corrected chi connectivity index (χ1v) is 7.58. The van der Waals surface area contributed by atoms with E-state index in [1.165, 1.54) is 0 Å². The van der Waals surface area contributed by atoms with E-state index in [0.29, 0.717) is 30.4 Å². The summed E-state index contributed by atoms with van der Waals surface area (Å²) >= 11 is 3.40. The maximum absolute atomic E-state index is 11.8. The fraction of sp³-hybridized carbons (Fsp3) is 0.188. The van der Waals surface area contributed by atoms with Crippen LogP contribution < -0.4 is 14.8 Å². The summed E-state index contributed by atoms with van der Waals surface area (Å²) in [6, 6.07) is 13.0. The molecule has 1 amide bonds. The van der Waals surface area contributed by atoms with Crippen LogP contribution in [0.15, 0.2) is 46.9 Å². The molecule has 0 aliphatic carbocycles. The SMILES string of the molecule is O=C(Nc1cc(Br)c2c(c1)OCCO2)OCc1ccccc1. The zero-order valence-electron chi connectivity index (χ0n) is 11.7. The van der Waals surface area contributed by atoms with Crippen molar-refractivity contribution in [2.75, 3.05) is 18.5 Å². The van der Waals surface area contributed by atoms with Gasteiger partial charge in [0, 0.05) is 11.8 Å². The lowest BCUT2D eigenvalue weighted by Crippen LogP contribution is -2.17. The second-order valence-corrected chi connectivity index (χ2v) is 5.52. The lowest BCUT2D eigenvalue weighted by molar-refractivity contribution is 0.155. The van der Waals surface area contributed by atoms with Crippen molar-refractivity contribution in [1.82, 2.24) is 0 Å². The van der Waals surface area contributed by atoms with Crippen molar-refractivity contribution in [2.24, 2.45) is 0 Å². The molecule has 0 unspecified atom stereocenters. The Balaban J connectivity index is 1.63. The van der Waals surface area contributed by atoms with Gasteiger partial charge in [0.05, 0.1) is 4.47 Å². The third-order valence-corrected chi connectivity index (χ3v) is 3.65. The second-order valence-electron chi connectivity index (χ2n) is 4.67. The molecular weight excluding hydrogens is 350 g/mol. The number of amides is 1. The van der Waals surface area contributed by atoms with Crippen LogP contribution in [0.2, 0.25) is 0 Å². The molecule has 0 atom stereocenters. The first kappa shape index (κ1) is 14.7. The monoisotopic (exact) mass is 363 g/mol. The summed E-state index contributed by atoms with van der Waals surface area (Å²) in [4.78, 5) is 11.8. The number of benzene rings is 2. The number of rotatable bonds is 3. The van der Waals surface area contributed by atoms with Crippen molar-refractivity contribution >= 4 is 27.7 Å². The molecule has 22 heavy (non-hydrogen) atoms. The van der Waals surface area contributed by atoms with E-state index in [-0.39, 0.29) is 6.61 Å². The maximum atomic E-state index is 11.8. The average Bonchev–Trinajstić information content (AvgIpc) is 2.54. The summed E-state index contributed by atoms with van der Waals surface area (Å²) in [6.45, 7) is 1.22. The molecule has 0 saturated carbocycles. The number of nitrogens with one attached hydrogen (secondary N) is 1. The number of carbonyl (C=O) groups is 1.